The topological polar surface area (TPSA) is 95.3 Å². The molecule has 1 amide bonds. The molecule has 36 heavy (non-hydrogen) atoms. The first kappa shape index (κ1) is 25.3. The maximum atomic E-state index is 13.2. The number of hydrogen-bond donors (Lipinski definition) is 0. The molecule has 1 unspecified atom stereocenters. The van der Waals surface area contributed by atoms with E-state index in [0.717, 1.165) is 12.0 Å². The highest BCUT2D eigenvalue weighted by atomic mass is 16.5. The molecule has 0 radical (unpaired) electrons. The predicted molar refractivity (Wildman–Crippen MR) is 135 cm³/mol. The van der Waals surface area contributed by atoms with Crippen molar-refractivity contribution in [3.8, 4) is 17.2 Å². The van der Waals surface area contributed by atoms with Crippen molar-refractivity contribution in [3.05, 3.63) is 64.0 Å². The molecular weight excluding hydrogens is 462 g/mol. The first-order chi connectivity index (χ1) is 17.4. The number of benzene rings is 2. The standard InChI is InChI=1S/C28H31NO7/c1-4-19-14-22-24(35-18(3)27(26(22)31)36-21-11-7-6-8-12-21)15-23(19)34-17-25(30)29-13-9-10-20(16-29)28(32)33-5-2/h6-8,11-12,14-15,20H,4-5,9-10,13,16-17H2,1-3H3. The number of ether oxygens (including phenoxy) is 3. The summed E-state index contributed by atoms with van der Waals surface area (Å²) in [6.45, 7) is 6.45. The highest BCUT2D eigenvalue weighted by molar-refractivity contribution is 5.82. The fraction of sp³-hybridized carbons (Fsp3) is 0.393. The molecule has 8 heteroatoms. The number of carbonyl (C=O) groups excluding carboxylic acids is 2. The molecule has 0 spiro atoms. The molecule has 2 heterocycles. The van der Waals surface area contributed by atoms with Gasteiger partial charge in [-0.15, -0.1) is 0 Å². The van der Waals surface area contributed by atoms with Crippen LogP contribution in [0.3, 0.4) is 0 Å². The van der Waals surface area contributed by atoms with Crippen LogP contribution in [0.15, 0.2) is 51.7 Å². The van der Waals surface area contributed by atoms with Crippen LogP contribution in [-0.2, 0) is 20.7 Å². The second-order valence-corrected chi connectivity index (χ2v) is 8.76. The van der Waals surface area contributed by atoms with E-state index in [0.29, 0.717) is 60.8 Å². The molecule has 1 aromatic heterocycles. The summed E-state index contributed by atoms with van der Waals surface area (Å²) in [6, 6.07) is 12.4. The maximum Gasteiger partial charge on any atom is 0.310 e. The highest BCUT2D eigenvalue weighted by Gasteiger charge is 2.29. The van der Waals surface area contributed by atoms with Crippen LogP contribution in [0.1, 0.15) is 38.0 Å². The van der Waals surface area contributed by atoms with E-state index in [1.54, 1.807) is 43.0 Å². The van der Waals surface area contributed by atoms with Gasteiger partial charge in [0.15, 0.2) is 6.61 Å². The third-order valence-corrected chi connectivity index (χ3v) is 6.29. The van der Waals surface area contributed by atoms with Crippen molar-refractivity contribution in [2.75, 3.05) is 26.3 Å². The van der Waals surface area contributed by atoms with Crippen molar-refractivity contribution >= 4 is 22.8 Å². The van der Waals surface area contributed by atoms with Crippen LogP contribution >= 0.6 is 0 Å². The lowest BCUT2D eigenvalue weighted by Gasteiger charge is -2.31. The van der Waals surface area contributed by atoms with Gasteiger partial charge in [-0.05, 0) is 56.9 Å². The van der Waals surface area contributed by atoms with Crippen LogP contribution in [0.4, 0.5) is 0 Å². The Kier molecular flexibility index (Phi) is 7.93. The van der Waals surface area contributed by atoms with Crippen LogP contribution in [0.25, 0.3) is 11.0 Å². The molecule has 0 aliphatic carbocycles. The minimum atomic E-state index is -0.306. The van der Waals surface area contributed by atoms with E-state index in [2.05, 4.69) is 0 Å². The van der Waals surface area contributed by atoms with Gasteiger partial charge in [0.25, 0.3) is 5.91 Å². The van der Waals surface area contributed by atoms with E-state index >= 15 is 0 Å². The average molecular weight is 494 g/mol. The monoisotopic (exact) mass is 493 g/mol. The van der Waals surface area contributed by atoms with Gasteiger partial charge in [-0.3, -0.25) is 14.4 Å². The lowest BCUT2D eigenvalue weighted by Crippen LogP contribution is -2.44. The molecule has 8 nitrogen and oxygen atoms in total. The van der Waals surface area contributed by atoms with Gasteiger partial charge in [-0.1, -0.05) is 25.1 Å². The fourth-order valence-electron chi connectivity index (χ4n) is 4.38. The second-order valence-electron chi connectivity index (χ2n) is 8.76. The number of carbonyl (C=O) groups is 2. The van der Waals surface area contributed by atoms with Crippen LogP contribution in [0.2, 0.25) is 0 Å². The molecule has 1 aliphatic heterocycles. The van der Waals surface area contributed by atoms with Gasteiger partial charge in [0.1, 0.15) is 22.8 Å². The zero-order chi connectivity index (χ0) is 25.7. The molecule has 1 saturated heterocycles. The quantitative estimate of drug-likeness (QED) is 0.422. The lowest BCUT2D eigenvalue weighted by atomic mass is 9.98. The summed E-state index contributed by atoms with van der Waals surface area (Å²) in [4.78, 5) is 39.8. The molecule has 1 fully saturated rings. The summed E-state index contributed by atoms with van der Waals surface area (Å²) < 4.78 is 22.8. The Balaban J connectivity index is 1.52. The number of amides is 1. The largest absolute Gasteiger partial charge is 0.483 e. The second kappa shape index (κ2) is 11.3. The molecule has 3 aromatic rings. The Morgan fingerprint density at radius 1 is 1.14 bits per heavy atom. The van der Waals surface area contributed by atoms with Crippen molar-refractivity contribution in [1.82, 2.24) is 4.90 Å². The van der Waals surface area contributed by atoms with E-state index in [1.165, 1.54) is 0 Å². The fourth-order valence-corrected chi connectivity index (χ4v) is 4.38. The Morgan fingerprint density at radius 3 is 2.64 bits per heavy atom. The number of esters is 1. The number of hydrogen-bond acceptors (Lipinski definition) is 7. The average Bonchev–Trinajstić information content (AvgIpc) is 2.90. The van der Waals surface area contributed by atoms with Crippen LogP contribution in [0.5, 0.6) is 17.2 Å². The number of likely N-dealkylation sites (tertiary alicyclic amines) is 1. The van der Waals surface area contributed by atoms with Crippen molar-refractivity contribution in [3.63, 3.8) is 0 Å². The third kappa shape index (κ3) is 5.53. The molecule has 0 saturated carbocycles. The zero-order valence-corrected chi connectivity index (χ0v) is 20.9. The summed E-state index contributed by atoms with van der Waals surface area (Å²) in [6.07, 6.45) is 2.04. The SMILES string of the molecule is CCOC(=O)C1CCCN(C(=O)COc2cc3oc(C)c(Oc4ccccc4)c(=O)c3cc2CC)C1. The van der Waals surface area contributed by atoms with E-state index in [9.17, 15) is 14.4 Å². The summed E-state index contributed by atoms with van der Waals surface area (Å²) in [7, 11) is 0. The number of para-hydroxylation sites is 1. The van der Waals surface area contributed by atoms with Crippen LogP contribution in [-0.4, -0.2) is 43.1 Å². The van der Waals surface area contributed by atoms with E-state index < -0.39 is 0 Å². The first-order valence-electron chi connectivity index (χ1n) is 12.3. The van der Waals surface area contributed by atoms with Crippen molar-refractivity contribution in [2.45, 2.75) is 40.0 Å². The van der Waals surface area contributed by atoms with Crippen LogP contribution < -0.4 is 14.9 Å². The molecule has 0 bridgehead atoms. The van der Waals surface area contributed by atoms with Crippen LogP contribution in [0, 0.1) is 12.8 Å². The minimum Gasteiger partial charge on any atom is -0.483 e. The number of nitrogens with zero attached hydrogens (tertiary/aromatic N) is 1. The Morgan fingerprint density at radius 2 is 1.92 bits per heavy atom. The van der Waals surface area contributed by atoms with E-state index in [1.807, 2.05) is 25.1 Å². The normalized spacial score (nSPS) is 15.5. The third-order valence-electron chi connectivity index (χ3n) is 6.29. The van der Waals surface area contributed by atoms with Crippen molar-refractivity contribution in [1.29, 1.82) is 0 Å². The highest BCUT2D eigenvalue weighted by Crippen LogP contribution is 2.30. The van der Waals surface area contributed by atoms with Gasteiger partial charge in [-0.2, -0.15) is 0 Å². The summed E-state index contributed by atoms with van der Waals surface area (Å²) in [5.74, 6) is 0.747. The number of fused-ring (bicyclic) bond motifs is 1. The zero-order valence-electron chi connectivity index (χ0n) is 20.9. The Bertz CT molecular complexity index is 1300. The van der Waals surface area contributed by atoms with Gasteiger partial charge < -0.3 is 23.5 Å². The molecular formula is C28H31NO7. The number of piperidine rings is 1. The number of aryl methyl sites for hydroxylation is 2. The Hall–Kier alpha value is -3.81. The molecule has 190 valence electrons. The van der Waals surface area contributed by atoms with Crippen molar-refractivity contribution < 1.29 is 28.2 Å². The molecule has 1 atom stereocenters. The molecule has 2 aromatic carbocycles. The first-order valence-corrected chi connectivity index (χ1v) is 12.3. The molecule has 0 N–H and O–H groups in total. The maximum absolute atomic E-state index is 13.2. The molecule has 4 rings (SSSR count). The van der Waals surface area contributed by atoms with Gasteiger partial charge in [-0.25, -0.2) is 0 Å². The lowest BCUT2D eigenvalue weighted by molar-refractivity contribution is -0.151. The predicted octanol–water partition coefficient (Wildman–Crippen LogP) is 4.64. The van der Waals surface area contributed by atoms with Gasteiger partial charge >= 0.3 is 5.97 Å². The van der Waals surface area contributed by atoms with Gasteiger partial charge in [0, 0.05) is 19.2 Å². The van der Waals surface area contributed by atoms with Gasteiger partial charge in [0.05, 0.1) is 17.9 Å². The Labute approximate surface area is 209 Å². The van der Waals surface area contributed by atoms with Gasteiger partial charge in [0.2, 0.25) is 11.2 Å². The minimum absolute atomic E-state index is 0.140. The summed E-state index contributed by atoms with van der Waals surface area (Å²) >= 11 is 0. The summed E-state index contributed by atoms with van der Waals surface area (Å²) in [5, 5.41) is 0.385. The number of rotatable bonds is 8. The van der Waals surface area contributed by atoms with Crippen molar-refractivity contribution in [2.24, 2.45) is 5.92 Å². The summed E-state index contributed by atoms with van der Waals surface area (Å²) in [5.41, 5.74) is 0.867. The van der Waals surface area contributed by atoms with E-state index in [-0.39, 0.29) is 35.6 Å². The van der Waals surface area contributed by atoms with E-state index in [4.69, 9.17) is 18.6 Å². The molecule has 1 aliphatic rings. The smallest absolute Gasteiger partial charge is 0.310 e.